The van der Waals surface area contributed by atoms with Crippen molar-refractivity contribution >= 4 is 21.7 Å². The van der Waals surface area contributed by atoms with Gasteiger partial charge in [-0.15, -0.1) is 0 Å². The second-order valence-corrected chi connectivity index (χ2v) is 8.01. The van der Waals surface area contributed by atoms with E-state index in [1.165, 1.54) is 11.5 Å². The van der Waals surface area contributed by atoms with E-state index in [9.17, 15) is 13.2 Å². The highest BCUT2D eigenvalue weighted by Crippen LogP contribution is 2.38. The molecule has 0 radical (unpaired) electrons. The second kappa shape index (κ2) is 8.24. The zero-order chi connectivity index (χ0) is 23.0. The molecule has 33 heavy (non-hydrogen) atoms. The van der Waals surface area contributed by atoms with Gasteiger partial charge in [-0.2, -0.15) is 13.2 Å². The summed E-state index contributed by atoms with van der Waals surface area (Å²) < 4.78 is 46.7. The van der Waals surface area contributed by atoms with Gasteiger partial charge in [0.2, 0.25) is 0 Å². The molecule has 1 aromatic heterocycles. The fraction of sp³-hybridized carbons (Fsp3) is 0.107. The molecule has 0 unspecified atom stereocenters. The zero-order valence-corrected chi connectivity index (χ0v) is 17.9. The van der Waals surface area contributed by atoms with Crippen LogP contribution in [-0.4, -0.2) is 4.98 Å². The van der Waals surface area contributed by atoms with Gasteiger partial charge in [0.25, 0.3) is 0 Å². The molecule has 5 aromatic rings. The van der Waals surface area contributed by atoms with E-state index >= 15 is 0 Å². The van der Waals surface area contributed by atoms with Crippen LogP contribution >= 0.6 is 0 Å². The number of halogens is 3. The third-order valence-corrected chi connectivity index (χ3v) is 5.64. The van der Waals surface area contributed by atoms with Gasteiger partial charge in [0.1, 0.15) is 12.4 Å². The van der Waals surface area contributed by atoms with Crippen molar-refractivity contribution in [1.29, 1.82) is 0 Å². The van der Waals surface area contributed by atoms with Crippen molar-refractivity contribution in [2.45, 2.75) is 19.7 Å². The number of ether oxygens (including phenoxy) is 1. The minimum atomic E-state index is -4.47. The predicted octanol–water partition coefficient (Wildman–Crippen LogP) is 7.96. The van der Waals surface area contributed by atoms with E-state index in [0.717, 1.165) is 22.6 Å². The van der Waals surface area contributed by atoms with Crippen LogP contribution < -0.4 is 4.74 Å². The lowest BCUT2D eigenvalue weighted by Crippen LogP contribution is -2.07. The summed E-state index contributed by atoms with van der Waals surface area (Å²) in [5.41, 5.74) is 2.27. The van der Waals surface area contributed by atoms with Crippen molar-refractivity contribution in [1.82, 2.24) is 4.98 Å². The van der Waals surface area contributed by atoms with E-state index in [4.69, 9.17) is 4.74 Å². The third-order valence-electron chi connectivity index (χ3n) is 5.64. The summed E-state index contributed by atoms with van der Waals surface area (Å²) in [6, 6.07) is 27.7. The van der Waals surface area contributed by atoms with Gasteiger partial charge >= 0.3 is 6.18 Å². The SMILES string of the molecule is Cc1cc(-c2cccc(OCc3ccc4ccccc4c3)c2)c2cccc(C(F)(F)F)c2n1. The van der Waals surface area contributed by atoms with Gasteiger partial charge in [-0.3, -0.25) is 4.98 Å². The van der Waals surface area contributed by atoms with Crippen LogP contribution in [0.2, 0.25) is 0 Å². The Morgan fingerprint density at radius 2 is 1.58 bits per heavy atom. The van der Waals surface area contributed by atoms with Crippen LogP contribution in [0.25, 0.3) is 32.8 Å². The van der Waals surface area contributed by atoms with E-state index in [1.54, 1.807) is 13.0 Å². The molecular formula is C28H20F3NO. The number of pyridine rings is 1. The van der Waals surface area contributed by atoms with Crippen molar-refractivity contribution < 1.29 is 17.9 Å². The summed E-state index contributed by atoms with van der Waals surface area (Å²) in [6.45, 7) is 2.10. The molecule has 1 heterocycles. The number of aromatic nitrogens is 1. The van der Waals surface area contributed by atoms with Crippen LogP contribution in [0.4, 0.5) is 13.2 Å². The van der Waals surface area contributed by atoms with Crippen LogP contribution in [0.5, 0.6) is 5.75 Å². The topological polar surface area (TPSA) is 22.1 Å². The van der Waals surface area contributed by atoms with E-state index < -0.39 is 11.7 Å². The van der Waals surface area contributed by atoms with E-state index in [-0.39, 0.29) is 5.52 Å². The molecule has 0 aliphatic heterocycles. The first kappa shape index (κ1) is 21.0. The number of benzene rings is 4. The maximum absolute atomic E-state index is 13.5. The number of rotatable bonds is 4. The Morgan fingerprint density at radius 3 is 2.39 bits per heavy atom. The predicted molar refractivity (Wildman–Crippen MR) is 125 cm³/mol. The molecule has 0 bridgehead atoms. The average Bonchev–Trinajstić information content (AvgIpc) is 2.81. The van der Waals surface area contributed by atoms with Crippen LogP contribution in [0.15, 0.2) is 91.0 Å². The van der Waals surface area contributed by atoms with Crippen LogP contribution in [0, 0.1) is 6.92 Å². The number of para-hydroxylation sites is 1. The number of hydrogen-bond donors (Lipinski definition) is 0. The molecule has 0 aliphatic rings. The largest absolute Gasteiger partial charge is 0.489 e. The minimum absolute atomic E-state index is 0.0394. The van der Waals surface area contributed by atoms with Crippen molar-refractivity contribution in [3.05, 3.63) is 108 Å². The standard InChI is InChI=1S/C28H20F3NO/c1-18-14-25(24-10-5-11-26(27(24)32-18)28(29,30)31)22-8-4-9-23(16-22)33-17-19-12-13-20-6-2-3-7-21(20)15-19/h2-16H,17H2,1H3. The van der Waals surface area contributed by atoms with Crippen molar-refractivity contribution in [2.75, 3.05) is 0 Å². The fourth-order valence-corrected chi connectivity index (χ4v) is 4.09. The Bertz CT molecular complexity index is 1470. The summed E-state index contributed by atoms with van der Waals surface area (Å²) in [5.74, 6) is 0.648. The van der Waals surface area contributed by atoms with Gasteiger partial charge in [-0.05, 0) is 64.7 Å². The maximum Gasteiger partial charge on any atom is 0.418 e. The van der Waals surface area contributed by atoms with E-state index in [2.05, 4.69) is 29.2 Å². The van der Waals surface area contributed by atoms with E-state index in [1.807, 2.05) is 48.5 Å². The monoisotopic (exact) mass is 443 g/mol. The molecule has 0 aliphatic carbocycles. The van der Waals surface area contributed by atoms with Gasteiger partial charge in [-0.1, -0.05) is 60.7 Å². The average molecular weight is 443 g/mol. The highest BCUT2D eigenvalue weighted by atomic mass is 19.4. The second-order valence-electron chi connectivity index (χ2n) is 8.01. The number of hydrogen-bond acceptors (Lipinski definition) is 2. The molecular weight excluding hydrogens is 423 g/mol. The van der Waals surface area contributed by atoms with Gasteiger partial charge in [0.05, 0.1) is 11.1 Å². The quantitative estimate of drug-likeness (QED) is 0.281. The molecule has 0 spiro atoms. The molecule has 2 nitrogen and oxygen atoms in total. The molecule has 164 valence electrons. The van der Waals surface area contributed by atoms with E-state index in [0.29, 0.717) is 29.0 Å². The summed E-state index contributed by atoms with van der Waals surface area (Å²) in [7, 11) is 0. The normalized spacial score (nSPS) is 11.8. The first-order valence-corrected chi connectivity index (χ1v) is 10.6. The molecule has 4 aromatic carbocycles. The number of aryl methyl sites for hydroxylation is 1. The zero-order valence-electron chi connectivity index (χ0n) is 17.9. The van der Waals surface area contributed by atoms with Crippen LogP contribution in [0.1, 0.15) is 16.8 Å². The van der Waals surface area contributed by atoms with Crippen LogP contribution in [0.3, 0.4) is 0 Å². The Morgan fingerprint density at radius 1 is 0.788 bits per heavy atom. The first-order valence-electron chi connectivity index (χ1n) is 10.6. The maximum atomic E-state index is 13.5. The molecule has 0 atom stereocenters. The first-order chi connectivity index (χ1) is 15.9. The Labute approximate surface area is 189 Å². The lowest BCUT2D eigenvalue weighted by atomic mass is 9.98. The van der Waals surface area contributed by atoms with Gasteiger partial charge < -0.3 is 4.74 Å². The van der Waals surface area contributed by atoms with Gasteiger partial charge in [0, 0.05) is 11.1 Å². The Balaban J connectivity index is 1.49. The summed E-state index contributed by atoms with van der Waals surface area (Å²) >= 11 is 0. The molecule has 0 fully saturated rings. The molecule has 0 amide bonds. The smallest absolute Gasteiger partial charge is 0.418 e. The van der Waals surface area contributed by atoms with Gasteiger partial charge in [-0.25, -0.2) is 0 Å². The number of fused-ring (bicyclic) bond motifs is 2. The molecule has 5 rings (SSSR count). The Hall–Kier alpha value is -3.86. The highest BCUT2D eigenvalue weighted by molar-refractivity contribution is 5.96. The lowest BCUT2D eigenvalue weighted by molar-refractivity contribution is -0.136. The highest BCUT2D eigenvalue weighted by Gasteiger charge is 2.33. The van der Waals surface area contributed by atoms with Gasteiger partial charge in [0.15, 0.2) is 0 Å². The lowest BCUT2D eigenvalue weighted by Gasteiger charge is -2.14. The van der Waals surface area contributed by atoms with Crippen molar-refractivity contribution in [3.63, 3.8) is 0 Å². The molecule has 0 saturated heterocycles. The molecule has 0 N–H and O–H groups in total. The van der Waals surface area contributed by atoms with Crippen molar-refractivity contribution in [3.8, 4) is 16.9 Å². The third kappa shape index (κ3) is 4.27. The molecule has 5 heteroatoms. The fourth-order valence-electron chi connectivity index (χ4n) is 4.09. The summed E-state index contributed by atoms with van der Waals surface area (Å²) in [6.07, 6.45) is -4.47. The Kier molecular flexibility index (Phi) is 5.25. The summed E-state index contributed by atoms with van der Waals surface area (Å²) in [4.78, 5) is 4.20. The number of alkyl halides is 3. The minimum Gasteiger partial charge on any atom is -0.489 e. The summed E-state index contributed by atoms with van der Waals surface area (Å²) in [5, 5.41) is 2.77. The van der Waals surface area contributed by atoms with Crippen molar-refractivity contribution in [2.24, 2.45) is 0 Å². The van der Waals surface area contributed by atoms with Crippen LogP contribution in [-0.2, 0) is 12.8 Å². The molecule has 0 saturated carbocycles. The number of nitrogens with zero attached hydrogens (tertiary/aromatic N) is 1.